The van der Waals surface area contributed by atoms with Crippen molar-refractivity contribution >= 4 is 5.96 Å². The van der Waals surface area contributed by atoms with E-state index in [-0.39, 0.29) is 0 Å². The topological polar surface area (TPSA) is 67.4 Å². The Morgan fingerprint density at radius 1 is 1.12 bits per heavy atom. The molecule has 1 saturated heterocycles. The first-order valence-corrected chi connectivity index (χ1v) is 9.53. The zero-order valence-electron chi connectivity index (χ0n) is 16.4. The molecule has 0 spiro atoms. The molecule has 0 saturated carbocycles. The predicted octanol–water partition coefficient (Wildman–Crippen LogP) is 0.953. The summed E-state index contributed by atoms with van der Waals surface area (Å²) in [6.45, 7) is 8.03. The standard InChI is InChI=1S/C18H38N4O3/c1-19-18(20-8-4-10-22(2)11-15-23-3)21-9-5-12-25-16-17-6-13-24-14-7-17/h17H,4-16H2,1-3H3,(H2,19,20,21). The number of rotatable bonds is 13. The van der Waals surface area contributed by atoms with Gasteiger partial charge in [0.2, 0.25) is 0 Å². The molecule has 0 amide bonds. The van der Waals surface area contributed by atoms with Crippen LogP contribution in [0.25, 0.3) is 0 Å². The number of hydrogen-bond acceptors (Lipinski definition) is 5. The van der Waals surface area contributed by atoms with Gasteiger partial charge in [0.1, 0.15) is 0 Å². The zero-order chi connectivity index (χ0) is 18.2. The minimum Gasteiger partial charge on any atom is -0.383 e. The van der Waals surface area contributed by atoms with Crippen LogP contribution in [0.4, 0.5) is 0 Å². The first-order valence-electron chi connectivity index (χ1n) is 9.53. The Hall–Kier alpha value is -0.890. The summed E-state index contributed by atoms with van der Waals surface area (Å²) in [5.41, 5.74) is 0. The van der Waals surface area contributed by atoms with Crippen molar-refractivity contribution in [2.24, 2.45) is 10.9 Å². The highest BCUT2D eigenvalue weighted by atomic mass is 16.5. The van der Waals surface area contributed by atoms with E-state index < -0.39 is 0 Å². The van der Waals surface area contributed by atoms with Gasteiger partial charge in [-0.1, -0.05) is 0 Å². The number of likely N-dealkylation sites (N-methyl/N-ethyl adjacent to an activating group) is 1. The van der Waals surface area contributed by atoms with E-state index in [9.17, 15) is 0 Å². The van der Waals surface area contributed by atoms with E-state index in [1.165, 1.54) is 0 Å². The van der Waals surface area contributed by atoms with Gasteiger partial charge in [0.25, 0.3) is 0 Å². The van der Waals surface area contributed by atoms with E-state index in [2.05, 4.69) is 27.6 Å². The molecule has 0 aromatic heterocycles. The average Bonchev–Trinajstić information content (AvgIpc) is 2.65. The van der Waals surface area contributed by atoms with Crippen molar-refractivity contribution in [2.45, 2.75) is 25.7 Å². The summed E-state index contributed by atoms with van der Waals surface area (Å²) in [6.07, 6.45) is 4.34. The van der Waals surface area contributed by atoms with E-state index in [0.29, 0.717) is 5.92 Å². The molecule has 7 nitrogen and oxygen atoms in total. The van der Waals surface area contributed by atoms with Gasteiger partial charge in [-0.05, 0) is 45.2 Å². The molecule has 1 heterocycles. The van der Waals surface area contributed by atoms with Gasteiger partial charge in [0, 0.05) is 60.2 Å². The Balaban J connectivity index is 1.93. The van der Waals surface area contributed by atoms with Gasteiger partial charge in [0.15, 0.2) is 5.96 Å². The van der Waals surface area contributed by atoms with Crippen LogP contribution in [-0.2, 0) is 14.2 Å². The third-order valence-corrected chi connectivity index (χ3v) is 4.36. The molecular weight excluding hydrogens is 320 g/mol. The average molecular weight is 359 g/mol. The Morgan fingerprint density at radius 2 is 1.84 bits per heavy atom. The summed E-state index contributed by atoms with van der Waals surface area (Å²) in [5.74, 6) is 1.54. The maximum Gasteiger partial charge on any atom is 0.190 e. The molecule has 1 aliphatic rings. The molecule has 0 bridgehead atoms. The van der Waals surface area contributed by atoms with Gasteiger partial charge in [-0.15, -0.1) is 0 Å². The fraction of sp³-hybridized carbons (Fsp3) is 0.944. The van der Waals surface area contributed by atoms with E-state index in [4.69, 9.17) is 14.2 Å². The van der Waals surface area contributed by atoms with Crippen molar-refractivity contribution < 1.29 is 14.2 Å². The van der Waals surface area contributed by atoms with Crippen LogP contribution in [-0.4, -0.2) is 91.3 Å². The smallest absolute Gasteiger partial charge is 0.190 e. The Labute approximate surface area is 153 Å². The largest absolute Gasteiger partial charge is 0.383 e. The van der Waals surface area contributed by atoms with Crippen molar-refractivity contribution in [3.05, 3.63) is 0 Å². The lowest BCUT2D eigenvalue weighted by atomic mass is 10.0. The maximum atomic E-state index is 5.77. The number of ether oxygens (including phenoxy) is 3. The number of hydrogen-bond donors (Lipinski definition) is 2. The second-order valence-electron chi connectivity index (χ2n) is 6.56. The second kappa shape index (κ2) is 15.4. The van der Waals surface area contributed by atoms with Crippen molar-refractivity contribution in [3.8, 4) is 0 Å². The highest BCUT2D eigenvalue weighted by Crippen LogP contribution is 2.14. The quantitative estimate of drug-likeness (QED) is 0.290. The van der Waals surface area contributed by atoms with Gasteiger partial charge in [-0.25, -0.2) is 0 Å². The van der Waals surface area contributed by atoms with Gasteiger partial charge in [0.05, 0.1) is 6.61 Å². The summed E-state index contributed by atoms with van der Waals surface area (Å²) in [7, 11) is 5.66. The third-order valence-electron chi connectivity index (χ3n) is 4.36. The van der Waals surface area contributed by atoms with Gasteiger partial charge >= 0.3 is 0 Å². The normalized spacial score (nSPS) is 16.4. The summed E-state index contributed by atoms with van der Waals surface area (Å²) in [4.78, 5) is 6.53. The van der Waals surface area contributed by atoms with Gasteiger partial charge in [-0.3, -0.25) is 4.99 Å². The molecule has 0 aromatic carbocycles. The van der Waals surface area contributed by atoms with Crippen LogP contribution in [0.5, 0.6) is 0 Å². The van der Waals surface area contributed by atoms with Crippen LogP contribution in [0.3, 0.4) is 0 Å². The molecule has 0 radical (unpaired) electrons. The molecule has 1 fully saturated rings. The summed E-state index contributed by atoms with van der Waals surface area (Å²) >= 11 is 0. The predicted molar refractivity (Wildman–Crippen MR) is 102 cm³/mol. The lowest BCUT2D eigenvalue weighted by Crippen LogP contribution is -2.39. The van der Waals surface area contributed by atoms with Crippen LogP contribution < -0.4 is 10.6 Å². The minimum absolute atomic E-state index is 0.679. The lowest BCUT2D eigenvalue weighted by molar-refractivity contribution is 0.0203. The van der Waals surface area contributed by atoms with Crippen LogP contribution in [0.15, 0.2) is 4.99 Å². The fourth-order valence-corrected chi connectivity index (χ4v) is 2.68. The first-order chi connectivity index (χ1) is 12.3. The second-order valence-corrected chi connectivity index (χ2v) is 6.56. The molecule has 1 rings (SSSR count). The number of nitrogens with one attached hydrogen (secondary N) is 2. The Kier molecular flexibility index (Phi) is 13.6. The highest BCUT2D eigenvalue weighted by Gasteiger charge is 2.13. The summed E-state index contributed by atoms with van der Waals surface area (Å²) < 4.78 is 16.2. The van der Waals surface area contributed by atoms with E-state index in [1.54, 1.807) is 7.11 Å². The third kappa shape index (κ3) is 12.2. The molecule has 0 aromatic rings. The van der Waals surface area contributed by atoms with Crippen molar-refractivity contribution in [1.82, 2.24) is 15.5 Å². The molecule has 1 aliphatic heterocycles. The maximum absolute atomic E-state index is 5.77. The molecule has 148 valence electrons. The lowest BCUT2D eigenvalue weighted by Gasteiger charge is -2.21. The van der Waals surface area contributed by atoms with Crippen molar-refractivity contribution in [1.29, 1.82) is 0 Å². The minimum atomic E-state index is 0.679. The van der Waals surface area contributed by atoms with Crippen molar-refractivity contribution in [2.75, 3.05) is 80.4 Å². The monoisotopic (exact) mass is 358 g/mol. The molecular formula is C18H38N4O3. The number of nitrogens with zero attached hydrogens (tertiary/aromatic N) is 2. The van der Waals surface area contributed by atoms with Crippen molar-refractivity contribution in [3.63, 3.8) is 0 Å². The molecule has 0 aliphatic carbocycles. The van der Waals surface area contributed by atoms with E-state index in [1.807, 2.05) is 7.05 Å². The Morgan fingerprint density at radius 3 is 2.52 bits per heavy atom. The molecule has 25 heavy (non-hydrogen) atoms. The van der Waals surface area contributed by atoms with Gasteiger partial charge < -0.3 is 29.7 Å². The number of methoxy groups -OCH3 is 1. The van der Waals surface area contributed by atoms with Crippen LogP contribution in [0.2, 0.25) is 0 Å². The fourth-order valence-electron chi connectivity index (χ4n) is 2.68. The van der Waals surface area contributed by atoms with Crippen LogP contribution in [0, 0.1) is 5.92 Å². The van der Waals surface area contributed by atoms with Crippen LogP contribution in [0.1, 0.15) is 25.7 Å². The number of guanidine groups is 1. The molecule has 0 unspecified atom stereocenters. The van der Waals surface area contributed by atoms with E-state index in [0.717, 1.165) is 90.9 Å². The SMILES string of the molecule is CN=C(NCCCOCC1CCOCC1)NCCCN(C)CCOC. The molecule has 7 heteroatoms. The molecule has 0 atom stereocenters. The number of aliphatic imine (C=N–C) groups is 1. The summed E-state index contributed by atoms with van der Waals surface area (Å²) in [5, 5.41) is 6.69. The van der Waals surface area contributed by atoms with E-state index >= 15 is 0 Å². The summed E-state index contributed by atoms with van der Waals surface area (Å²) in [6, 6.07) is 0. The Bertz CT molecular complexity index is 336. The molecule has 2 N–H and O–H groups in total. The van der Waals surface area contributed by atoms with Gasteiger partial charge in [-0.2, -0.15) is 0 Å². The zero-order valence-corrected chi connectivity index (χ0v) is 16.4. The van der Waals surface area contributed by atoms with Crippen LogP contribution >= 0.6 is 0 Å². The first kappa shape index (κ1) is 22.2. The highest BCUT2D eigenvalue weighted by molar-refractivity contribution is 5.79.